The molecule has 0 unspecified atom stereocenters. The standard InChI is InChI=1S/C12H12Cl2N4O/c1-6-7(2)17-18-11(6)16-12(19)15-10-4-8(13)3-9(14)5-10/h3-5H,1-2H3,(H3,15,16,17,18,19). The molecule has 0 radical (unpaired) electrons. The number of anilines is 2. The number of aromatic nitrogens is 2. The topological polar surface area (TPSA) is 69.8 Å². The maximum atomic E-state index is 11.8. The number of urea groups is 1. The molecule has 0 aliphatic carbocycles. The molecule has 2 rings (SSSR count). The number of halogens is 2. The summed E-state index contributed by atoms with van der Waals surface area (Å²) in [5.74, 6) is 0.489. The van der Waals surface area contributed by atoms with Crippen molar-refractivity contribution in [3.8, 4) is 0 Å². The number of aromatic amines is 1. The molecule has 2 aromatic rings. The van der Waals surface area contributed by atoms with Crippen LogP contribution >= 0.6 is 23.2 Å². The van der Waals surface area contributed by atoms with Gasteiger partial charge in [-0.15, -0.1) is 0 Å². The predicted octanol–water partition coefficient (Wildman–Crippen LogP) is 3.98. The molecule has 100 valence electrons. The van der Waals surface area contributed by atoms with Crippen LogP contribution in [0.4, 0.5) is 16.3 Å². The van der Waals surface area contributed by atoms with Gasteiger partial charge in [-0.3, -0.25) is 10.4 Å². The van der Waals surface area contributed by atoms with Crippen molar-refractivity contribution in [3.05, 3.63) is 39.5 Å². The average Bonchev–Trinajstić information content (AvgIpc) is 2.59. The van der Waals surface area contributed by atoms with E-state index in [4.69, 9.17) is 23.2 Å². The van der Waals surface area contributed by atoms with Crippen LogP contribution in [-0.4, -0.2) is 16.2 Å². The number of carbonyl (C=O) groups is 1. The van der Waals surface area contributed by atoms with Crippen molar-refractivity contribution < 1.29 is 4.79 Å². The third-order valence-electron chi connectivity index (χ3n) is 2.61. The van der Waals surface area contributed by atoms with E-state index in [1.807, 2.05) is 13.8 Å². The fourth-order valence-corrected chi connectivity index (χ4v) is 2.03. The Morgan fingerprint density at radius 3 is 2.32 bits per heavy atom. The fraction of sp³-hybridized carbons (Fsp3) is 0.167. The molecule has 0 saturated carbocycles. The summed E-state index contributed by atoms with van der Waals surface area (Å²) in [6.45, 7) is 3.74. The van der Waals surface area contributed by atoms with Crippen LogP contribution in [0.2, 0.25) is 10.0 Å². The normalized spacial score (nSPS) is 10.3. The summed E-state index contributed by atoms with van der Waals surface area (Å²) in [6, 6.07) is 4.39. The Labute approximate surface area is 120 Å². The van der Waals surface area contributed by atoms with Crippen LogP contribution in [0.5, 0.6) is 0 Å². The molecule has 0 saturated heterocycles. The minimum absolute atomic E-state index is 0.409. The van der Waals surface area contributed by atoms with Gasteiger partial charge in [0.05, 0.1) is 0 Å². The van der Waals surface area contributed by atoms with Crippen molar-refractivity contribution in [2.45, 2.75) is 13.8 Å². The van der Waals surface area contributed by atoms with Gasteiger partial charge in [-0.05, 0) is 32.0 Å². The highest BCUT2D eigenvalue weighted by Gasteiger charge is 2.09. The first-order valence-electron chi connectivity index (χ1n) is 5.51. The molecule has 0 bridgehead atoms. The van der Waals surface area contributed by atoms with E-state index in [1.165, 1.54) is 0 Å². The molecule has 7 heteroatoms. The number of benzene rings is 1. The van der Waals surface area contributed by atoms with Crippen molar-refractivity contribution in [2.75, 3.05) is 10.6 Å². The van der Waals surface area contributed by atoms with Gasteiger partial charge in [0.15, 0.2) is 5.82 Å². The molecule has 0 atom stereocenters. The lowest BCUT2D eigenvalue weighted by Crippen LogP contribution is -2.20. The third-order valence-corrected chi connectivity index (χ3v) is 3.04. The zero-order chi connectivity index (χ0) is 14.0. The summed E-state index contributed by atoms with van der Waals surface area (Å²) in [5, 5.41) is 13.0. The minimum Gasteiger partial charge on any atom is -0.308 e. The van der Waals surface area contributed by atoms with E-state index in [2.05, 4.69) is 20.8 Å². The van der Waals surface area contributed by atoms with Crippen molar-refractivity contribution in [1.82, 2.24) is 10.2 Å². The van der Waals surface area contributed by atoms with Crippen LogP contribution in [0.3, 0.4) is 0 Å². The summed E-state index contributed by atoms with van der Waals surface area (Å²) < 4.78 is 0. The van der Waals surface area contributed by atoms with E-state index < -0.39 is 6.03 Å². The summed E-state index contributed by atoms with van der Waals surface area (Å²) >= 11 is 11.7. The SMILES string of the molecule is Cc1[nH]nc(NC(=O)Nc2cc(Cl)cc(Cl)c2)c1C. The van der Waals surface area contributed by atoms with Gasteiger partial charge in [-0.25, -0.2) is 4.79 Å². The maximum Gasteiger partial charge on any atom is 0.324 e. The summed E-state index contributed by atoms with van der Waals surface area (Å²) in [4.78, 5) is 11.8. The third kappa shape index (κ3) is 3.39. The zero-order valence-electron chi connectivity index (χ0n) is 10.3. The average molecular weight is 299 g/mol. The molecule has 1 heterocycles. The Balaban J connectivity index is 2.07. The zero-order valence-corrected chi connectivity index (χ0v) is 11.9. The van der Waals surface area contributed by atoms with E-state index in [1.54, 1.807) is 18.2 Å². The number of nitrogens with one attached hydrogen (secondary N) is 3. The van der Waals surface area contributed by atoms with Crippen molar-refractivity contribution >= 4 is 40.7 Å². The van der Waals surface area contributed by atoms with Crippen LogP contribution in [0, 0.1) is 13.8 Å². The fourth-order valence-electron chi connectivity index (χ4n) is 1.50. The van der Waals surface area contributed by atoms with E-state index in [-0.39, 0.29) is 0 Å². The van der Waals surface area contributed by atoms with Crippen LogP contribution in [0.1, 0.15) is 11.3 Å². The number of H-pyrrole nitrogens is 1. The second-order valence-electron chi connectivity index (χ2n) is 4.06. The smallest absolute Gasteiger partial charge is 0.308 e. The van der Waals surface area contributed by atoms with E-state index in [0.717, 1.165) is 11.3 Å². The van der Waals surface area contributed by atoms with Gasteiger partial charge >= 0.3 is 6.03 Å². The predicted molar refractivity (Wildman–Crippen MR) is 77.2 cm³/mol. The van der Waals surface area contributed by atoms with Gasteiger partial charge in [0.25, 0.3) is 0 Å². The summed E-state index contributed by atoms with van der Waals surface area (Å²) in [6.07, 6.45) is 0. The summed E-state index contributed by atoms with van der Waals surface area (Å²) in [7, 11) is 0. The Morgan fingerprint density at radius 1 is 1.16 bits per heavy atom. The maximum absolute atomic E-state index is 11.8. The highest BCUT2D eigenvalue weighted by atomic mass is 35.5. The number of amides is 2. The molecular formula is C12H12Cl2N4O. The molecule has 0 fully saturated rings. The van der Waals surface area contributed by atoms with Crippen LogP contribution in [0.25, 0.3) is 0 Å². The molecule has 3 N–H and O–H groups in total. The number of carbonyl (C=O) groups excluding carboxylic acids is 1. The highest BCUT2D eigenvalue weighted by molar-refractivity contribution is 6.35. The second kappa shape index (κ2) is 5.50. The molecule has 0 aliphatic heterocycles. The Kier molecular flexibility index (Phi) is 3.97. The molecular weight excluding hydrogens is 287 g/mol. The van der Waals surface area contributed by atoms with Crippen LogP contribution < -0.4 is 10.6 Å². The highest BCUT2D eigenvalue weighted by Crippen LogP contribution is 2.22. The minimum atomic E-state index is -0.409. The number of nitrogens with zero attached hydrogens (tertiary/aromatic N) is 1. The lowest BCUT2D eigenvalue weighted by atomic mass is 10.3. The Bertz CT molecular complexity index is 604. The lowest BCUT2D eigenvalue weighted by molar-refractivity contribution is 0.262. The van der Waals surface area contributed by atoms with Crippen molar-refractivity contribution in [1.29, 1.82) is 0 Å². The molecule has 1 aromatic heterocycles. The van der Waals surface area contributed by atoms with Gasteiger partial charge < -0.3 is 5.32 Å². The van der Waals surface area contributed by atoms with E-state index >= 15 is 0 Å². The monoisotopic (exact) mass is 298 g/mol. The molecule has 19 heavy (non-hydrogen) atoms. The van der Waals surface area contributed by atoms with Gasteiger partial charge in [-0.1, -0.05) is 23.2 Å². The molecule has 0 aliphatic rings. The Hall–Kier alpha value is -1.72. The largest absolute Gasteiger partial charge is 0.324 e. The molecule has 1 aromatic carbocycles. The van der Waals surface area contributed by atoms with Gasteiger partial charge in [-0.2, -0.15) is 5.10 Å². The first kappa shape index (κ1) is 13.7. The van der Waals surface area contributed by atoms with Gasteiger partial charge in [0.2, 0.25) is 0 Å². The van der Waals surface area contributed by atoms with Crippen molar-refractivity contribution in [2.24, 2.45) is 0 Å². The quantitative estimate of drug-likeness (QED) is 0.785. The Morgan fingerprint density at radius 2 is 1.79 bits per heavy atom. The van der Waals surface area contributed by atoms with Gasteiger partial charge in [0, 0.05) is 27.0 Å². The van der Waals surface area contributed by atoms with E-state index in [9.17, 15) is 4.79 Å². The van der Waals surface area contributed by atoms with Crippen LogP contribution in [0.15, 0.2) is 18.2 Å². The number of rotatable bonds is 2. The number of hydrogen-bond acceptors (Lipinski definition) is 2. The molecule has 2 amide bonds. The molecule has 5 nitrogen and oxygen atoms in total. The number of hydrogen-bond donors (Lipinski definition) is 3. The first-order chi connectivity index (χ1) is 8.95. The second-order valence-corrected chi connectivity index (χ2v) is 4.93. The molecule has 0 spiro atoms. The number of aryl methyl sites for hydroxylation is 1. The van der Waals surface area contributed by atoms with Crippen LogP contribution in [-0.2, 0) is 0 Å². The van der Waals surface area contributed by atoms with Crippen molar-refractivity contribution in [3.63, 3.8) is 0 Å². The first-order valence-corrected chi connectivity index (χ1v) is 6.27. The van der Waals surface area contributed by atoms with Gasteiger partial charge in [0.1, 0.15) is 0 Å². The lowest BCUT2D eigenvalue weighted by Gasteiger charge is -2.07. The van der Waals surface area contributed by atoms with E-state index in [0.29, 0.717) is 21.6 Å². The summed E-state index contributed by atoms with van der Waals surface area (Å²) in [5.41, 5.74) is 2.31.